The molecule has 0 aliphatic heterocycles. The molecule has 18 heavy (non-hydrogen) atoms. The van der Waals surface area contributed by atoms with Crippen LogP contribution in [0.3, 0.4) is 0 Å². The molecular weight excluding hydrogens is 339 g/mol. The fourth-order valence-electron chi connectivity index (χ4n) is 1.31. The first-order valence-corrected chi connectivity index (χ1v) is 7.91. The average molecular weight is 362 g/mol. The Morgan fingerprint density at radius 3 is 2.11 bits per heavy atom. The lowest BCUT2D eigenvalue weighted by Gasteiger charge is -1.95. The van der Waals surface area contributed by atoms with Gasteiger partial charge in [-0.2, -0.15) is 0 Å². The van der Waals surface area contributed by atoms with Crippen LogP contribution in [-0.2, 0) is 9.53 Å². The van der Waals surface area contributed by atoms with E-state index in [1.807, 2.05) is 0 Å². The highest BCUT2D eigenvalue weighted by Crippen LogP contribution is 2.00. The van der Waals surface area contributed by atoms with Gasteiger partial charge in [-0.3, -0.25) is 4.79 Å². The highest BCUT2D eigenvalue weighted by molar-refractivity contribution is 14.1. The third-order valence-electron chi connectivity index (χ3n) is 2.30. The number of carbonyl (C=O) groups excluding carboxylic acids is 1. The van der Waals surface area contributed by atoms with Crippen molar-refractivity contribution in [1.82, 2.24) is 0 Å². The van der Waals surface area contributed by atoms with Crippen molar-refractivity contribution >= 4 is 28.6 Å². The quantitative estimate of drug-likeness (QED) is 0.187. The topological polar surface area (TPSA) is 26.3 Å². The number of esters is 1. The van der Waals surface area contributed by atoms with Gasteiger partial charge in [0.1, 0.15) is 0 Å². The number of alkyl halides is 1. The molecule has 0 saturated carbocycles. The first kappa shape index (κ1) is 17.4. The molecule has 0 aromatic carbocycles. The maximum Gasteiger partial charge on any atom is 0.305 e. The molecule has 0 aromatic heterocycles. The predicted molar refractivity (Wildman–Crippen MR) is 86.0 cm³/mol. The Hall–Kier alpha value is -0.580. The normalized spacial score (nSPS) is 11.9. The molecular formula is C15H23IO2. The summed E-state index contributed by atoms with van der Waals surface area (Å²) in [5, 5.41) is 0. The highest BCUT2D eigenvalue weighted by Gasteiger charge is 1.96. The predicted octanol–water partition coefficient (Wildman–Crippen LogP) is 4.60. The van der Waals surface area contributed by atoms with E-state index in [4.69, 9.17) is 0 Å². The maximum absolute atomic E-state index is 10.8. The van der Waals surface area contributed by atoms with Crippen molar-refractivity contribution in [3.8, 4) is 0 Å². The monoisotopic (exact) mass is 362 g/mol. The number of hydrogen-bond donors (Lipinski definition) is 0. The molecule has 0 unspecified atom stereocenters. The van der Waals surface area contributed by atoms with Gasteiger partial charge < -0.3 is 4.74 Å². The zero-order valence-electron chi connectivity index (χ0n) is 11.1. The Labute approximate surface area is 124 Å². The number of allylic oxidation sites excluding steroid dienone is 6. The Balaban J connectivity index is 3.37. The van der Waals surface area contributed by atoms with Crippen LogP contribution in [0.1, 0.15) is 38.5 Å². The first-order chi connectivity index (χ1) is 8.81. The summed E-state index contributed by atoms with van der Waals surface area (Å²) >= 11 is 2.38. The molecule has 0 amide bonds. The summed E-state index contributed by atoms with van der Waals surface area (Å²) in [5.41, 5.74) is 0. The lowest BCUT2D eigenvalue weighted by atomic mass is 10.2. The van der Waals surface area contributed by atoms with E-state index in [1.54, 1.807) is 0 Å². The molecule has 0 aromatic rings. The molecule has 0 fully saturated rings. The van der Waals surface area contributed by atoms with E-state index in [1.165, 1.54) is 11.5 Å². The third kappa shape index (κ3) is 13.5. The molecule has 0 spiro atoms. The highest BCUT2D eigenvalue weighted by atomic mass is 127. The van der Waals surface area contributed by atoms with Crippen LogP contribution in [0.25, 0.3) is 0 Å². The summed E-state index contributed by atoms with van der Waals surface area (Å²) in [6.45, 7) is 0. The third-order valence-corrected chi connectivity index (χ3v) is 2.92. The Bertz CT molecular complexity index is 280. The van der Waals surface area contributed by atoms with Gasteiger partial charge in [-0.25, -0.2) is 0 Å². The van der Waals surface area contributed by atoms with Gasteiger partial charge in [0.15, 0.2) is 0 Å². The molecule has 0 rings (SSSR count). The fraction of sp³-hybridized carbons (Fsp3) is 0.533. The number of methoxy groups -OCH3 is 1. The number of unbranched alkanes of at least 4 members (excludes halogenated alkanes) is 1. The van der Waals surface area contributed by atoms with E-state index in [2.05, 4.69) is 63.8 Å². The Morgan fingerprint density at radius 2 is 1.56 bits per heavy atom. The van der Waals surface area contributed by atoms with Gasteiger partial charge in [0.25, 0.3) is 0 Å². The summed E-state index contributed by atoms with van der Waals surface area (Å²) in [5.74, 6) is -0.124. The van der Waals surface area contributed by atoms with Crippen LogP contribution in [0.2, 0.25) is 0 Å². The van der Waals surface area contributed by atoms with E-state index in [0.717, 1.165) is 32.1 Å². The van der Waals surface area contributed by atoms with Crippen LogP contribution in [0, 0.1) is 0 Å². The van der Waals surface area contributed by atoms with Crippen LogP contribution < -0.4 is 0 Å². The summed E-state index contributed by atoms with van der Waals surface area (Å²) < 4.78 is 5.76. The number of hydrogen-bond acceptors (Lipinski definition) is 2. The van der Waals surface area contributed by atoms with E-state index in [0.29, 0.717) is 6.42 Å². The van der Waals surface area contributed by atoms with Crippen molar-refractivity contribution in [3.63, 3.8) is 0 Å². The van der Waals surface area contributed by atoms with Gasteiger partial charge in [-0.05, 0) is 32.1 Å². The number of carbonyl (C=O) groups is 1. The van der Waals surface area contributed by atoms with E-state index >= 15 is 0 Å². The Kier molecular flexibility index (Phi) is 14.0. The van der Waals surface area contributed by atoms with Gasteiger partial charge in [0.2, 0.25) is 0 Å². The molecule has 102 valence electrons. The standard InChI is InChI=1S/C15H23IO2/c1-18-15(17)13-11-9-7-5-3-2-4-6-8-10-12-14-16/h2,4-5,7-8,10H,3,6,9,11-14H2,1H3/b4-2+,7-5+,10-8+. The van der Waals surface area contributed by atoms with Crippen LogP contribution in [0.15, 0.2) is 36.5 Å². The molecule has 0 N–H and O–H groups in total. The second kappa shape index (κ2) is 14.5. The lowest BCUT2D eigenvalue weighted by molar-refractivity contribution is -0.140. The van der Waals surface area contributed by atoms with Gasteiger partial charge in [0.05, 0.1) is 7.11 Å². The maximum atomic E-state index is 10.8. The molecule has 2 nitrogen and oxygen atoms in total. The largest absolute Gasteiger partial charge is 0.469 e. The second-order valence-electron chi connectivity index (χ2n) is 3.83. The zero-order valence-corrected chi connectivity index (χ0v) is 13.3. The van der Waals surface area contributed by atoms with Gasteiger partial charge >= 0.3 is 5.97 Å². The minimum absolute atomic E-state index is 0.124. The van der Waals surface area contributed by atoms with Crippen molar-refractivity contribution in [2.75, 3.05) is 11.5 Å². The first-order valence-electron chi connectivity index (χ1n) is 6.39. The number of halogens is 1. The molecule has 0 atom stereocenters. The van der Waals surface area contributed by atoms with Crippen LogP contribution in [-0.4, -0.2) is 17.5 Å². The van der Waals surface area contributed by atoms with Gasteiger partial charge in [-0.1, -0.05) is 59.0 Å². The van der Waals surface area contributed by atoms with E-state index in [9.17, 15) is 4.79 Å². The minimum Gasteiger partial charge on any atom is -0.469 e. The SMILES string of the molecule is COC(=O)CCC/C=C/C/C=C/C/C=C/CCI. The second-order valence-corrected chi connectivity index (χ2v) is 4.91. The van der Waals surface area contributed by atoms with E-state index < -0.39 is 0 Å². The van der Waals surface area contributed by atoms with Crippen molar-refractivity contribution in [2.45, 2.75) is 38.5 Å². The average Bonchev–Trinajstić information content (AvgIpc) is 2.39. The summed E-state index contributed by atoms with van der Waals surface area (Å²) in [7, 11) is 1.43. The van der Waals surface area contributed by atoms with Crippen molar-refractivity contribution in [3.05, 3.63) is 36.5 Å². The lowest BCUT2D eigenvalue weighted by Crippen LogP contribution is -1.98. The van der Waals surface area contributed by atoms with Crippen molar-refractivity contribution in [1.29, 1.82) is 0 Å². The van der Waals surface area contributed by atoms with Crippen molar-refractivity contribution < 1.29 is 9.53 Å². The van der Waals surface area contributed by atoms with Gasteiger partial charge in [-0.15, -0.1) is 0 Å². The summed E-state index contributed by atoms with van der Waals surface area (Å²) in [4.78, 5) is 10.8. The number of rotatable bonds is 10. The van der Waals surface area contributed by atoms with Crippen LogP contribution in [0.4, 0.5) is 0 Å². The van der Waals surface area contributed by atoms with Crippen LogP contribution in [0.5, 0.6) is 0 Å². The molecule has 0 radical (unpaired) electrons. The molecule has 3 heteroatoms. The molecule has 0 aliphatic carbocycles. The Morgan fingerprint density at radius 1 is 1.00 bits per heavy atom. The molecule has 0 aliphatic rings. The minimum atomic E-state index is -0.124. The van der Waals surface area contributed by atoms with Gasteiger partial charge in [0, 0.05) is 10.8 Å². The zero-order chi connectivity index (χ0) is 13.5. The fourth-order valence-corrected chi connectivity index (χ4v) is 1.67. The smallest absolute Gasteiger partial charge is 0.305 e. The summed E-state index contributed by atoms with van der Waals surface area (Å²) in [6.07, 6.45) is 18.5. The van der Waals surface area contributed by atoms with Crippen LogP contribution >= 0.6 is 22.6 Å². The van der Waals surface area contributed by atoms with Crippen molar-refractivity contribution in [2.24, 2.45) is 0 Å². The number of ether oxygens (including phenoxy) is 1. The molecule has 0 bridgehead atoms. The van der Waals surface area contributed by atoms with E-state index in [-0.39, 0.29) is 5.97 Å². The summed E-state index contributed by atoms with van der Waals surface area (Å²) in [6, 6.07) is 0. The molecule has 0 heterocycles. The molecule has 0 saturated heterocycles.